The minimum Gasteiger partial charge on any atom is -0.444 e. The molecule has 2 aromatic rings. The smallest absolute Gasteiger partial charge is 0.410 e. The molecule has 4 rings (SSSR count). The van der Waals surface area contributed by atoms with Gasteiger partial charge in [0.05, 0.1) is 12.1 Å². The van der Waals surface area contributed by atoms with Crippen molar-refractivity contribution in [1.29, 1.82) is 0 Å². The van der Waals surface area contributed by atoms with Crippen LogP contribution in [0.1, 0.15) is 51.5 Å². The molecule has 10 heteroatoms. The Morgan fingerprint density at radius 3 is 2.61 bits per heavy atom. The molecule has 0 saturated carbocycles. The Bertz CT molecular complexity index is 1300. The summed E-state index contributed by atoms with van der Waals surface area (Å²) in [4.78, 5) is 41.4. The molecule has 9 nitrogen and oxygen atoms in total. The lowest BCUT2D eigenvalue weighted by atomic mass is 10.1. The van der Waals surface area contributed by atoms with Gasteiger partial charge in [0.15, 0.2) is 12.3 Å². The van der Waals surface area contributed by atoms with Crippen LogP contribution in [0, 0.1) is 0 Å². The first kappa shape index (κ1) is 27.8. The number of anilines is 1. The fourth-order valence-corrected chi connectivity index (χ4v) is 4.95. The first-order chi connectivity index (χ1) is 18.0. The number of likely N-dealkylation sites (N-methyl/N-ethyl adjacent to an activating group) is 2. The summed E-state index contributed by atoms with van der Waals surface area (Å²) in [5, 5.41) is 1.15. The van der Waals surface area contributed by atoms with E-state index in [2.05, 4.69) is 24.5 Å². The summed E-state index contributed by atoms with van der Waals surface area (Å²) >= 11 is 6.31. The van der Waals surface area contributed by atoms with Gasteiger partial charge in [-0.15, -0.1) is 0 Å². The molecule has 1 aromatic heterocycles. The number of hydrogen-bond acceptors (Lipinski definition) is 6. The first-order valence-electron chi connectivity index (χ1n) is 13.2. The highest BCUT2D eigenvalue weighted by Gasteiger charge is 2.28. The number of aromatic nitrogens is 2. The van der Waals surface area contributed by atoms with Crippen molar-refractivity contribution in [1.82, 2.24) is 19.8 Å². The third-order valence-electron chi connectivity index (χ3n) is 6.91. The van der Waals surface area contributed by atoms with Gasteiger partial charge in [0.2, 0.25) is 5.95 Å². The van der Waals surface area contributed by atoms with E-state index >= 15 is 0 Å². The van der Waals surface area contributed by atoms with Gasteiger partial charge in [0, 0.05) is 56.1 Å². The average Bonchev–Trinajstić information content (AvgIpc) is 3.05. The van der Waals surface area contributed by atoms with E-state index < -0.39 is 5.60 Å². The molecular weight excluding hydrogens is 504 g/mol. The van der Waals surface area contributed by atoms with Crippen LogP contribution in [0.25, 0.3) is 10.9 Å². The minimum absolute atomic E-state index is 0.185. The van der Waals surface area contributed by atoms with E-state index in [1.807, 2.05) is 31.7 Å². The highest BCUT2D eigenvalue weighted by molar-refractivity contribution is 6.31. The van der Waals surface area contributed by atoms with E-state index in [9.17, 15) is 9.59 Å². The van der Waals surface area contributed by atoms with Gasteiger partial charge in [-0.25, -0.2) is 19.3 Å². The van der Waals surface area contributed by atoms with Gasteiger partial charge in [-0.2, -0.15) is 0 Å². The third kappa shape index (κ3) is 6.26. The van der Waals surface area contributed by atoms with Crippen LogP contribution in [-0.2, 0) is 4.74 Å². The monoisotopic (exact) mass is 541 g/mol. The molecule has 0 aliphatic carbocycles. The van der Waals surface area contributed by atoms with Crippen LogP contribution in [0.5, 0.6) is 0 Å². The molecule has 38 heavy (non-hydrogen) atoms. The highest BCUT2D eigenvalue weighted by Crippen LogP contribution is 2.25. The Hall–Kier alpha value is -3.20. The van der Waals surface area contributed by atoms with Crippen LogP contribution >= 0.6 is 11.6 Å². The largest absolute Gasteiger partial charge is 0.444 e. The van der Waals surface area contributed by atoms with Crippen molar-refractivity contribution < 1.29 is 18.9 Å². The molecular formula is C28H38ClN6O3+. The maximum Gasteiger partial charge on any atom is 0.410 e. The fourth-order valence-electron chi connectivity index (χ4n) is 4.78. The van der Waals surface area contributed by atoms with Gasteiger partial charge in [0.1, 0.15) is 17.8 Å². The van der Waals surface area contributed by atoms with Crippen molar-refractivity contribution in [3.05, 3.63) is 40.6 Å². The maximum atomic E-state index is 13.7. The zero-order valence-corrected chi connectivity index (χ0v) is 24.0. The van der Waals surface area contributed by atoms with Crippen molar-refractivity contribution in [2.45, 2.75) is 46.6 Å². The molecule has 1 aromatic carbocycles. The molecule has 1 fully saturated rings. The number of hydrogen-bond donors (Lipinski definition) is 0. The predicted octanol–water partition coefficient (Wildman–Crippen LogP) is 4.24. The predicted molar refractivity (Wildman–Crippen MR) is 151 cm³/mol. The van der Waals surface area contributed by atoms with E-state index in [-0.39, 0.29) is 12.0 Å². The molecule has 1 saturated heterocycles. The Morgan fingerprint density at radius 2 is 1.92 bits per heavy atom. The van der Waals surface area contributed by atoms with E-state index in [0.29, 0.717) is 60.3 Å². The second kappa shape index (κ2) is 11.3. The van der Waals surface area contributed by atoms with Crippen LogP contribution in [-0.4, -0.2) is 101 Å². The van der Waals surface area contributed by atoms with Gasteiger partial charge in [-0.05, 0) is 58.4 Å². The lowest BCUT2D eigenvalue weighted by molar-refractivity contribution is -0.510. The Labute approximate surface area is 229 Å². The number of ether oxygens (including phenoxy) is 1. The van der Waals surface area contributed by atoms with Gasteiger partial charge < -0.3 is 19.4 Å². The zero-order valence-electron chi connectivity index (χ0n) is 23.3. The minimum atomic E-state index is -0.549. The number of amides is 2. The number of carbonyl (C=O) groups is 2. The number of carbonyl (C=O) groups excluding carboxylic acids is 2. The normalized spacial score (nSPS) is 16.6. The first-order valence-corrected chi connectivity index (χ1v) is 13.6. The van der Waals surface area contributed by atoms with Crippen molar-refractivity contribution in [3.63, 3.8) is 0 Å². The van der Waals surface area contributed by atoms with Crippen LogP contribution in [0.15, 0.2) is 29.8 Å². The quantitative estimate of drug-likeness (QED) is 0.527. The number of rotatable bonds is 5. The van der Waals surface area contributed by atoms with E-state index in [1.54, 1.807) is 29.0 Å². The Kier molecular flexibility index (Phi) is 8.25. The Morgan fingerprint density at radius 1 is 1.16 bits per heavy atom. The summed E-state index contributed by atoms with van der Waals surface area (Å²) in [6.45, 7) is 14.4. The van der Waals surface area contributed by atoms with Crippen LogP contribution in [0.4, 0.5) is 10.7 Å². The number of halogens is 1. The second-order valence-electron chi connectivity index (χ2n) is 10.9. The summed E-state index contributed by atoms with van der Waals surface area (Å²) in [6, 6.07) is 5.34. The summed E-state index contributed by atoms with van der Waals surface area (Å²) in [7, 11) is 1.80. The van der Waals surface area contributed by atoms with Gasteiger partial charge >= 0.3 is 6.09 Å². The van der Waals surface area contributed by atoms with Crippen molar-refractivity contribution in [3.8, 4) is 0 Å². The number of benzene rings is 1. The molecule has 0 atom stereocenters. The molecule has 2 amide bonds. The molecule has 204 valence electrons. The SMILES string of the molecule is CC[N+]1=C(C)C(CN(C)C(=O)c2nc(N3CCCN(C(=O)OC(C)(C)C)CC3)nc3ccc(Cl)cc23)=CC1. The summed E-state index contributed by atoms with van der Waals surface area (Å²) in [5.74, 6) is 0.289. The van der Waals surface area contributed by atoms with E-state index in [1.165, 1.54) is 5.71 Å². The summed E-state index contributed by atoms with van der Waals surface area (Å²) in [5.41, 5.74) is 2.78. The topological polar surface area (TPSA) is 81.9 Å². The third-order valence-corrected chi connectivity index (χ3v) is 7.15. The number of fused-ring (bicyclic) bond motifs is 1. The Balaban J connectivity index is 1.59. The zero-order chi connectivity index (χ0) is 27.6. The maximum absolute atomic E-state index is 13.7. The van der Waals surface area contributed by atoms with Crippen molar-refractivity contribution in [2.75, 3.05) is 57.8 Å². The standard InChI is InChI=1S/C28H38ClN6O3/c1-7-33-14-11-20(19(33)2)18-32(6)25(36)24-22-17-21(29)9-10-23(22)30-26(31-24)34-12-8-13-35(16-15-34)27(37)38-28(3,4)5/h9-11,17H,7-8,12-16,18H2,1-6H3/q+1. The van der Waals surface area contributed by atoms with Gasteiger partial charge in [0.25, 0.3) is 5.91 Å². The molecule has 2 aliphatic heterocycles. The van der Waals surface area contributed by atoms with Crippen molar-refractivity contribution >= 4 is 46.2 Å². The second-order valence-corrected chi connectivity index (χ2v) is 11.3. The van der Waals surface area contributed by atoms with Crippen LogP contribution < -0.4 is 4.90 Å². The molecule has 0 bridgehead atoms. The van der Waals surface area contributed by atoms with E-state index in [4.69, 9.17) is 26.3 Å². The highest BCUT2D eigenvalue weighted by atomic mass is 35.5. The summed E-state index contributed by atoms with van der Waals surface area (Å²) < 4.78 is 7.84. The average molecular weight is 542 g/mol. The van der Waals surface area contributed by atoms with Crippen LogP contribution in [0.3, 0.4) is 0 Å². The molecule has 0 N–H and O–H groups in total. The fraction of sp³-hybridized carbons (Fsp3) is 0.536. The lowest BCUT2D eigenvalue weighted by Gasteiger charge is -2.26. The van der Waals surface area contributed by atoms with Crippen molar-refractivity contribution in [2.24, 2.45) is 0 Å². The lowest BCUT2D eigenvalue weighted by Crippen LogP contribution is -2.39. The van der Waals surface area contributed by atoms with Gasteiger partial charge in [-0.3, -0.25) is 4.79 Å². The molecule has 0 spiro atoms. The molecule has 3 heterocycles. The molecule has 2 aliphatic rings. The van der Waals surface area contributed by atoms with Gasteiger partial charge in [-0.1, -0.05) is 11.6 Å². The summed E-state index contributed by atoms with van der Waals surface area (Å²) in [6.07, 6.45) is 2.60. The number of nitrogens with zero attached hydrogens (tertiary/aromatic N) is 6. The van der Waals surface area contributed by atoms with Crippen LogP contribution in [0.2, 0.25) is 5.02 Å². The molecule has 0 radical (unpaired) electrons. The van der Waals surface area contributed by atoms with E-state index in [0.717, 1.165) is 25.1 Å². The molecule has 0 unspecified atom stereocenters.